The average molecular weight is 411 g/mol. The molecule has 0 saturated carbocycles. The number of piperidine rings is 1. The number of rotatable bonds is 7. The van der Waals surface area contributed by atoms with Gasteiger partial charge in [-0.05, 0) is 49.5 Å². The summed E-state index contributed by atoms with van der Waals surface area (Å²) >= 11 is 6.15. The van der Waals surface area contributed by atoms with Gasteiger partial charge < -0.3 is 10.1 Å². The van der Waals surface area contributed by atoms with Gasteiger partial charge in [0.05, 0.1) is 11.6 Å². The Morgan fingerprint density at radius 3 is 2.52 bits per heavy atom. The third kappa shape index (κ3) is 5.81. The highest BCUT2D eigenvalue weighted by atomic mass is 35.5. The first-order valence-corrected chi connectivity index (χ1v) is 10.1. The van der Waals surface area contributed by atoms with Gasteiger partial charge >= 0.3 is 0 Å². The van der Waals surface area contributed by atoms with Crippen LogP contribution in [0.25, 0.3) is 0 Å². The van der Waals surface area contributed by atoms with E-state index in [0.29, 0.717) is 13.2 Å². The Morgan fingerprint density at radius 1 is 1.32 bits per heavy atom. The molecule has 8 heteroatoms. The highest BCUT2D eigenvalue weighted by Gasteiger charge is 2.34. The number of hydrogen-bond acceptors (Lipinski definition) is 4. The lowest BCUT2D eigenvalue weighted by Gasteiger charge is -2.37. The fourth-order valence-corrected chi connectivity index (χ4v) is 4.74. The van der Waals surface area contributed by atoms with E-state index in [9.17, 15) is 8.42 Å². The maximum atomic E-state index is 12.8. The van der Waals surface area contributed by atoms with Gasteiger partial charge in [-0.25, -0.2) is 13.1 Å². The molecule has 0 aliphatic carbocycles. The summed E-state index contributed by atoms with van der Waals surface area (Å²) in [5, 5.41) is 3.55. The van der Waals surface area contributed by atoms with Crippen LogP contribution in [0.2, 0.25) is 5.02 Å². The lowest BCUT2D eigenvalue weighted by Crippen LogP contribution is -2.47. The lowest BCUT2D eigenvalue weighted by atomic mass is 9.80. The average Bonchev–Trinajstić information content (AvgIpc) is 2.54. The molecule has 1 fully saturated rings. The van der Waals surface area contributed by atoms with Crippen molar-refractivity contribution in [3.8, 4) is 0 Å². The van der Waals surface area contributed by atoms with E-state index in [1.807, 2.05) is 19.9 Å². The van der Waals surface area contributed by atoms with Gasteiger partial charge in [0, 0.05) is 19.1 Å². The number of sulfonamides is 1. The second kappa shape index (κ2) is 9.53. The summed E-state index contributed by atoms with van der Waals surface area (Å²) in [4.78, 5) is 0.150. The summed E-state index contributed by atoms with van der Waals surface area (Å²) in [5.41, 5.74) is 0.781. The largest absolute Gasteiger partial charge is 0.384 e. The van der Waals surface area contributed by atoms with Crippen molar-refractivity contribution in [2.75, 3.05) is 33.4 Å². The Balaban J connectivity index is 0.00000312. The van der Waals surface area contributed by atoms with Crippen molar-refractivity contribution in [3.63, 3.8) is 0 Å². The second-order valence-corrected chi connectivity index (χ2v) is 8.99. The van der Waals surface area contributed by atoms with Crippen LogP contribution in [0.3, 0.4) is 0 Å². The molecule has 2 rings (SSSR count). The number of methoxy groups -OCH3 is 1. The van der Waals surface area contributed by atoms with Crippen LogP contribution in [-0.2, 0) is 14.8 Å². The zero-order valence-corrected chi connectivity index (χ0v) is 17.4. The number of halogens is 2. The number of benzene rings is 1. The molecule has 5 nitrogen and oxygen atoms in total. The van der Waals surface area contributed by atoms with Gasteiger partial charge in [-0.2, -0.15) is 0 Å². The molecule has 25 heavy (non-hydrogen) atoms. The maximum absolute atomic E-state index is 12.8. The topological polar surface area (TPSA) is 67.4 Å². The van der Waals surface area contributed by atoms with Crippen molar-refractivity contribution in [2.24, 2.45) is 5.41 Å². The molecule has 1 heterocycles. The van der Waals surface area contributed by atoms with Crippen molar-refractivity contribution in [3.05, 3.63) is 28.8 Å². The smallest absolute Gasteiger partial charge is 0.242 e. The summed E-state index contributed by atoms with van der Waals surface area (Å²) in [6, 6.07) is 5.19. The van der Waals surface area contributed by atoms with E-state index in [2.05, 4.69) is 10.0 Å². The molecule has 0 spiro atoms. The summed E-state index contributed by atoms with van der Waals surface area (Å²) in [6.45, 7) is 6.68. The SMILES string of the molecule is COCC1(CNS(=O)(=O)c2cc(C(C)C)ccc2Cl)CCNCC1.Cl. The first kappa shape index (κ1) is 22.7. The van der Waals surface area contributed by atoms with E-state index in [1.165, 1.54) is 0 Å². The summed E-state index contributed by atoms with van der Waals surface area (Å²) in [7, 11) is -2.01. The molecule has 1 aliphatic heterocycles. The number of nitrogens with one attached hydrogen (secondary N) is 2. The Hall–Kier alpha value is -0.370. The molecular formula is C17H28Cl2N2O3S. The zero-order chi connectivity index (χ0) is 17.8. The maximum Gasteiger partial charge on any atom is 0.242 e. The fraction of sp³-hybridized carbons (Fsp3) is 0.647. The van der Waals surface area contributed by atoms with Crippen molar-refractivity contribution in [1.29, 1.82) is 0 Å². The Bertz CT molecular complexity index is 654. The van der Waals surface area contributed by atoms with Crippen molar-refractivity contribution in [1.82, 2.24) is 10.0 Å². The van der Waals surface area contributed by atoms with Crippen LogP contribution >= 0.6 is 24.0 Å². The predicted octanol–water partition coefficient (Wildman–Crippen LogP) is 3.18. The molecule has 0 atom stereocenters. The molecule has 1 aromatic carbocycles. The molecule has 0 unspecified atom stereocenters. The van der Waals surface area contributed by atoms with Gasteiger partial charge in [0.2, 0.25) is 10.0 Å². The van der Waals surface area contributed by atoms with Gasteiger partial charge in [0.15, 0.2) is 0 Å². The highest BCUT2D eigenvalue weighted by molar-refractivity contribution is 7.89. The summed E-state index contributed by atoms with van der Waals surface area (Å²) in [5.74, 6) is 0.237. The van der Waals surface area contributed by atoms with E-state index in [0.717, 1.165) is 31.5 Å². The zero-order valence-electron chi connectivity index (χ0n) is 15.0. The van der Waals surface area contributed by atoms with E-state index in [1.54, 1.807) is 19.2 Å². The van der Waals surface area contributed by atoms with E-state index in [4.69, 9.17) is 16.3 Å². The molecule has 0 amide bonds. The molecule has 144 valence electrons. The molecule has 1 saturated heterocycles. The standard InChI is InChI=1S/C17H27ClN2O3S.ClH/c1-13(2)14-4-5-15(18)16(10-14)24(21,22)20-11-17(12-23-3)6-8-19-9-7-17;/h4-5,10,13,19-20H,6-9,11-12H2,1-3H3;1H. The van der Waals surface area contributed by atoms with Crippen LogP contribution < -0.4 is 10.0 Å². The summed E-state index contributed by atoms with van der Waals surface area (Å²) in [6.07, 6.45) is 1.76. The monoisotopic (exact) mass is 410 g/mol. The molecule has 0 aromatic heterocycles. The van der Waals surface area contributed by atoms with Gasteiger partial charge in [-0.15, -0.1) is 12.4 Å². The van der Waals surface area contributed by atoms with E-state index >= 15 is 0 Å². The van der Waals surface area contributed by atoms with Crippen molar-refractivity contribution < 1.29 is 13.2 Å². The van der Waals surface area contributed by atoms with Crippen molar-refractivity contribution >= 4 is 34.0 Å². The fourth-order valence-electron chi connectivity index (χ4n) is 3.05. The number of hydrogen-bond donors (Lipinski definition) is 2. The second-order valence-electron chi connectivity index (χ2n) is 6.85. The lowest BCUT2D eigenvalue weighted by molar-refractivity contribution is 0.0577. The Morgan fingerprint density at radius 2 is 1.96 bits per heavy atom. The third-order valence-corrected chi connectivity index (χ3v) is 6.55. The number of ether oxygens (including phenoxy) is 1. The Kier molecular flexibility index (Phi) is 8.64. The van der Waals surface area contributed by atoms with Crippen LogP contribution in [0.1, 0.15) is 38.2 Å². The van der Waals surface area contributed by atoms with Gasteiger partial charge in [0.1, 0.15) is 4.90 Å². The van der Waals surface area contributed by atoms with E-state index < -0.39 is 10.0 Å². The Labute approximate surface area is 162 Å². The van der Waals surface area contributed by atoms with Gasteiger partial charge in [-0.1, -0.05) is 31.5 Å². The molecule has 0 bridgehead atoms. The predicted molar refractivity (Wildman–Crippen MR) is 104 cm³/mol. The first-order chi connectivity index (χ1) is 11.3. The van der Waals surface area contributed by atoms with Gasteiger partial charge in [-0.3, -0.25) is 0 Å². The van der Waals surface area contributed by atoms with Crippen LogP contribution in [-0.4, -0.2) is 41.8 Å². The minimum absolute atomic E-state index is 0. The van der Waals surface area contributed by atoms with Crippen molar-refractivity contribution in [2.45, 2.75) is 37.5 Å². The minimum Gasteiger partial charge on any atom is -0.384 e. The minimum atomic E-state index is -3.66. The van der Waals surface area contributed by atoms with E-state index in [-0.39, 0.29) is 33.7 Å². The first-order valence-electron chi connectivity index (χ1n) is 8.28. The molecule has 0 radical (unpaired) electrons. The van der Waals surface area contributed by atoms with Crippen LogP contribution in [0.5, 0.6) is 0 Å². The molecule has 1 aliphatic rings. The molecule has 1 aromatic rings. The third-order valence-electron chi connectivity index (χ3n) is 4.66. The summed E-state index contributed by atoms with van der Waals surface area (Å²) < 4.78 is 33.6. The van der Waals surface area contributed by atoms with Crippen LogP contribution in [0.15, 0.2) is 23.1 Å². The quantitative estimate of drug-likeness (QED) is 0.723. The van der Waals surface area contributed by atoms with Gasteiger partial charge in [0.25, 0.3) is 0 Å². The normalized spacial score (nSPS) is 17.3. The van der Waals surface area contributed by atoms with Crippen LogP contribution in [0, 0.1) is 5.41 Å². The van der Waals surface area contributed by atoms with Crippen LogP contribution in [0.4, 0.5) is 0 Å². The molecule has 2 N–H and O–H groups in total. The molecular weight excluding hydrogens is 383 g/mol. The highest BCUT2D eigenvalue weighted by Crippen LogP contribution is 2.30.